The van der Waals surface area contributed by atoms with E-state index in [1.807, 2.05) is 45.2 Å². The molecule has 0 fully saturated rings. The molecule has 0 aliphatic heterocycles. The molecule has 2 rings (SSSR count). The van der Waals surface area contributed by atoms with Gasteiger partial charge in [-0.2, -0.15) is 0 Å². The molecule has 2 aromatic rings. The number of aromatic nitrogens is 2. The number of anilines is 1. The number of halogens is 1. The molecule has 0 bridgehead atoms. The second-order valence-corrected chi connectivity index (χ2v) is 4.80. The molecule has 1 heterocycles. The number of ether oxygens (including phenoxy) is 1. The highest BCUT2D eigenvalue weighted by atomic mass is 79.9. The van der Waals surface area contributed by atoms with E-state index in [9.17, 15) is 0 Å². The lowest BCUT2D eigenvalue weighted by Gasteiger charge is -2.09. The average Bonchev–Trinajstić information content (AvgIpc) is 2.43. The molecule has 100 valence electrons. The summed E-state index contributed by atoms with van der Waals surface area (Å²) in [4.78, 5) is 8.98. The van der Waals surface area contributed by atoms with Gasteiger partial charge in [0.05, 0.1) is 16.8 Å². The van der Waals surface area contributed by atoms with E-state index >= 15 is 0 Å². The van der Waals surface area contributed by atoms with Gasteiger partial charge >= 0.3 is 0 Å². The van der Waals surface area contributed by atoms with E-state index in [1.54, 1.807) is 0 Å². The summed E-state index contributed by atoms with van der Waals surface area (Å²) in [6.45, 7) is 4.58. The van der Waals surface area contributed by atoms with E-state index < -0.39 is 0 Å². The number of hydrogen-bond acceptors (Lipinski definition) is 4. The minimum Gasteiger partial charge on any atom is -0.494 e. The van der Waals surface area contributed by atoms with Gasteiger partial charge in [-0.05, 0) is 54.0 Å². The van der Waals surface area contributed by atoms with Crippen molar-refractivity contribution >= 4 is 21.7 Å². The fraction of sp³-hybridized carbons (Fsp3) is 0.286. The van der Waals surface area contributed by atoms with E-state index in [1.165, 1.54) is 0 Å². The standard InChI is InChI=1S/C14H16BrN3O/c1-4-19-11-7-5-10(6-8-11)13-17-9(2)12(15)14(16-3)18-13/h5-8H,4H2,1-3H3,(H,16,17,18). The molecular formula is C14H16BrN3O. The molecule has 0 aliphatic rings. The highest BCUT2D eigenvalue weighted by molar-refractivity contribution is 9.10. The summed E-state index contributed by atoms with van der Waals surface area (Å²) in [6, 6.07) is 7.79. The van der Waals surface area contributed by atoms with Gasteiger partial charge in [-0.1, -0.05) is 0 Å². The molecule has 0 aliphatic carbocycles. The molecule has 0 saturated heterocycles. The van der Waals surface area contributed by atoms with Crippen LogP contribution in [0.15, 0.2) is 28.7 Å². The fourth-order valence-corrected chi connectivity index (χ4v) is 2.10. The Kier molecular flexibility index (Phi) is 4.37. The second-order valence-electron chi connectivity index (χ2n) is 4.00. The van der Waals surface area contributed by atoms with Crippen LogP contribution < -0.4 is 10.1 Å². The van der Waals surface area contributed by atoms with Crippen LogP contribution in [-0.4, -0.2) is 23.6 Å². The average molecular weight is 322 g/mol. The maximum Gasteiger partial charge on any atom is 0.161 e. The lowest BCUT2D eigenvalue weighted by Crippen LogP contribution is -2.00. The van der Waals surface area contributed by atoms with Gasteiger partial charge in [0, 0.05) is 12.6 Å². The molecule has 19 heavy (non-hydrogen) atoms. The molecule has 1 aromatic heterocycles. The Balaban J connectivity index is 2.38. The predicted molar refractivity (Wildman–Crippen MR) is 80.6 cm³/mol. The van der Waals surface area contributed by atoms with Gasteiger partial charge in [-0.25, -0.2) is 9.97 Å². The van der Waals surface area contributed by atoms with Crippen LogP contribution in [0.5, 0.6) is 5.75 Å². The van der Waals surface area contributed by atoms with Gasteiger partial charge in [-0.15, -0.1) is 0 Å². The Labute approximate surface area is 121 Å². The Morgan fingerprint density at radius 2 is 1.89 bits per heavy atom. The number of aryl methyl sites for hydroxylation is 1. The molecule has 0 amide bonds. The van der Waals surface area contributed by atoms with Gasteiger partial charge in [0.1, 0.15) is 11.6 Å². The van der Waals surface area contributed by atoms with Crippen molar-refractivity contribution in [3.8, 4) is 17.1 Å². The molecule has 5 heteroatoms. The zero-order valence-corrected chi connectivity index (χ0v) is 12.8. The van der Waals surface area contributed by atoms with Crippen molar-refractivity contribution in [2.75, 3.05) is 19.0 Å². The smallest absolute Gasteiger partial charge is 0.161 e. The Hall–Kier alpha value is -1.62. The summed E-state index contributed by atoms with van der Waals surface area (Å²) in [5.41, 5.74) is 1.87. The van der Waals surface area contributed by atoms with Crippen molar-refractivity contribution < 1.29 is 4.74 Å². The summed E-state index contributed by atoms with van der Waals surface area (Å²) >= 11 is 3.47. The van der Waals surface area contributed by atoms with Crippen LogP contribution in [0.25, 0.3) is 11.4 Å². The Bertz CT molecular complexity index is 570. The van der Waals surface area contributed by atoms with Crippen LogP contribution in [0, 0.1) is 6.92 Å². The Morgan fingerprint density at radius 3 is 2.47 bits per heavy atom. The number of hydrogen-bond donors (Lipinski definition) is 1. The summed E-state index contributed by atoms with van der Waals surface area (Å²) in [7, 11) is 1.84. The third-order valence-electron chi connectivity index (χ3n) is 2.68. The first-order valence-electron chi connectivity index (χ1n) is 6.10. The minimum atomic E-state index is 0.664. The predicted octanol–water partition coefficient (Wildman–Crippen LogP) is 3.65. The Morgan fingerprint density at radius 1 is 1.21 bits per heavy atom. The van der Waals surface area contributed by atoms with Gasteiger partial charge in [0.2, 0.25) is 0 Å². The molecule has 0 spiro atoms. The van der Waals surface area contributed by atoms with Crippen LogP contribution in [0.1, 0.15) is 12.6 Å². The number of nitrogens with one attached hydrogen (secondary N) is 1. The first kappa shape index (κ1) is 13.8. The largest absolute Gasteiger partial charge is 0.494 e. The molecule has 1 N–H and O–H groups in total. The summed E-state index contributed by atoms with van der Waals surface area (Å²) in [5.74, 6) is 2.35. The fourth-order valence-electron chi connectivity index (χ4n) is 1.72. The molecule has 0 unspecified atom stereocenters. The zero-order valence-electron chi connectivity index (χ0n) is 11.2. The normalized spacial score (nSPS) is 10.3. The topological polar surface area (TPSA) is 47.0 Å². The first-order chi connectivity index (χ1) is 9.15. The molecule has 1 aromatic carbocycles. The molecule has 4 nitrogen and oxygen atoms in total. The van der Waals surface area contributed by atoms with Crippen molar-refractivity contribution in [1.82, 2.24) is 9.97 Å². The number of rotatable bonds is 4. The van der Waals surface area contributed by atoms with Crippen molar-refractivity contribution in [3.63, 3.8) is 0 Å². The van der Waals surface area contributed by atoms with Crippen LogP contribution in [0.4, 0.5) is 5.82 Å². The highest BCUT2D eigenvalue weighted by Crippen LogP contribution is 2.27. The number of nitrogens with zero attached hydrogens (tertiary/aromatic N) is 2. The lowest BCUT2D eigenvalue weighted by atomic mass is 10.2. The van der Waals surface area contributed by atoms with Crippen LogP contribution in [0.2, 0.25) is 0 Å². The monoisotopic (exact) mass is 321 g/mol. The molecule has 0 saturated carbocycles. The summed E-state index contributed by atoms with van der Waals surface area (Å²) < 4.78 is 6.32. The lowest BCUT2D eigenvalue weighted by molar-refractivity contribution is 0.340. The van der Waals surface area contributed by atoms with Crippen molar-refractivity contribution in [2.24, 2.45) is 0 Å². The number of benzene rings is 1. The molecule has 0 radical (unpaired) electrons. The van der Waals surface area contributed by atoms with Crippen LogP contribution in [0.3, 0.4) is 0 Å². The SMILES string of the molecule is CCOc1ccc(-c2nc(C)c(Br)c(NC)n2)cc1. The van der Waals surface area contributed by atoms with E-state index in [2.05, 4.69) is 31.2 Å². The highest BCUT2D eigenvalue weighted by Gasteiger charge is 2.09. The first-order valence-corrected chi connectivity index (χ1v) is 6.90. The van der Waals surface area contributed by atoms with E-state index in [0.717, 1.165) is 27.3 Å². The van der Waals surface area contributed by atoms with Crippen molar-refractivity contribution in [2.45, 2.75) is 13.8 Å². The maximum atomic E-state index is 5.42. The summed E-state index contributed by atoms with van der Waals surface area (Å²) in [6.07, 6.45) is 0. The second kappa shape index (κ2) is 6.02. The quantitative estimate of drug-likeness (QED) is 0.933. The van der Waals surface area contributed by atoms with E-state index in [4.69, 9.17) is 4.74 Å². The van der Waals surface area contributed by atoms with Gasteiger partial charge in [0.25, 0.3) is 0 Å². The van der Waals surface area contributed by atoms with Gasteiger partial charge in [-0.3, -0.25) is 0 Å². The maximum absolute atomic E-state index is 5.42. The van der Waals surface area contributed by atoms with E-state index in [0.29, 0.717) is 12.4 Å². The molecule has 0 atom stereocenters. The van der Waals surface area contributed by atoms with E-state index in [-0.39, 0.29) is 0 Å². The third-order valence-corrected chi connectivity index (χ3v) is 3.63. The van der Waals surface area contributed by atoms with Crippen LogP contribution in [-0.2, 0) is 0 Å². The third kappa shape index (κ3) is 3.04. The van der Waals surface area contributed by atoms with Gasteiger partial charge < -0.3 is 10.1 Å². The van der Waals surface area contributed by atoms with Crippen molar-refractivity contribution in [1.29, 1.82) is 0 Å². The molecular weight excluding hydrogens is 306 g/mol. The van der Waals surface area contributed by atoms with Crippen LogP contribution >= 0.6 is 15.9 Å². The van der Waals surface area contributed by atoms with Gasteiger partial charge in [0.15, 0.2) is 5.82 Å². The minimum absolute atomic E-state index is 0.664. The zero-order chi connectivity index (χ0) is 13.8. The van der Waals surface area contributed by atoms with Crippen molar-refractivity contribution in [3.05, 3.63) is 34.4 Å². The summed E-state index contributed by atoms with van der Waals surface area (Å²) in [5, 5.41) is 3.06.